The molecule has 0 radical (unpaired) electrons. The maximum absolute atomic E-state index is 11.7. The highest BCUT2D eigenvalue weighted by molar-refractivity contribution is 5.85. The highest BCUT2D eigenvalue weighted by Crippen LogP contribution is 2.25. The molecule has 1 rings (SSSR count). The standard InChI is InChI=1S/C19H38O.C9H8O4/c1-3-5-7-9-11-13-15-17-19(20)18-16-14-12-10-8-6-4-2;10-7-3-1-6(5-8(7)11)2-4-9(12)13/h3-18H2,1-2H3;1-5,10-11H,(H,12,13)/b;4-2+. The number of carboxylic acid groups (broad SMARTS) is 1. The lowest BCUT2D eigenvalue weighted by Crippen LogP contribution is -1.97. The number of aliphatic carboxylic acids is 1. The molecule has 5 heteroatoms. The fraction of sp³-hybridized carbons (Fsp3) is 0.643. The topological polar surface area (TPSA) is 94.8 Å². The van der Waals surface area contributed by atoms with Crippen molar-refractivity contribution < 1.29 is 24.9 Å². The fourth-order valence-electron chi connectivity index (χ4n) is 3.50. The van der Waals surface area contributed by atoms with Gasteiger partial charge in [0.2, 0.25) is 0 Å². The summed E-state index contributed by atoms with van der Waals surface area (Å²) in [7, 11) is 0. The molecule has 33 heavy (non-hydrogen) atoms. The number of aromatic hydroxyl groups is 2. The third-order valence-electron chi connectivity index (χ3n) is 5.54. The second-order valence-electron chi connectivity index (χ2n) is 8.70. The summed E-state index contributed by atoms with van der Waals surface area (Å²) < 4.78 is 0. The molecule has 0 aromatic heterocycles. The van der Waals surface area contributed by atoms with Crippen molar-refractivity contribution in [1.29, 1.82) is 0 Å². The van der Waals surface area contributed by atoms with Gasteiger partial charge in [-0.05, 0) is 36.6 Å². The lowest BCUT2D eigenvalue weighted by molar-refractivity contribution is -0.131. The number of ketones is 1. The van der Waals surface area contributed by atoms with Gasteiger partial charge in [0.1, 0.15) is 5.78 Å². The van der Waals surface area contributed by atoms with Crippen LogP contribution in [0.3, 0.4) is 0 Å². The summed E-state index contributed by atoms with van der Waals surface area (Å²) in [5.41, 5.74) is 0.512. The van der Waals surface area contributed by atoms with Gasteiger partial charge in [0, 0.05) is 18.9 Å². The monoisotopic (exact) mass is 462 g/mol. The summed E-state index contributed by atoms with van der Waals surface area (Å²) in [5, 5.41) is 26.3. The number of hydrogen-bond donors (Lipinski definition) is 3. The fourth-order valence-corrected chi connectivity index (χ4v) is 3.50. The molecule has 0 saturated carbocycles. The Hall–Kier alpha value is -2.30. The van der Waals surface area contributed by atoms with Crippen LogP contribution in [0, 0.1) is 0 Å². The Morgan fingerprint density at radius 2 is 1.15 bits per heavy atom. The number of rotatable bonds is 18. The number of carbonyl (C=O) groups excluding carboxylic acids is 1. The molecule has 0 unspecified atom stereocenters. The third kappa shape index (κ3) is 20.1. The van der Waals surface area contributed by atoms with Gasteiger partial charge in [-0.15, -0.1) is 0 Å². The molecular weight excluding hydrogens is 416 g/mol. The maximum Gasteiger partial charge on any atom is 0.328 e. The minimum Gasteiger partial charge on any atom is -0.504 e. The van der Waals surface area contributed by atoms with Crippen LogP contribution in [0.15, 0.2) is 24.3 Å². The molecule has 0 saturated heterocycles. The molecule has 0 atom stereocenters. The van der Waals surface area contributed by atoms with Crippen molar-refractivity contribution in [1.82, 2.24) is 0 Å². The van der Waals surface area contributed by atoms with Crippen LogP contribution in [0.5, 0.6) is 11.5 Å². The maximum atomic E-state index is 11.7. The molecular formula is C28H46O5. The van der Waals surface area contributed by atoms with Crippen LogP contribution in [0.1, 0.15) is 122 Å². The van der Waals surface area contributed by atoms with Crippen molar-refractivity contribution in [3.63, 3.8) is 0 Å². The summed E-state index contributed by atoms with van der Waals surface area (Å²) in [6.45, 7) is 4.50. The van der Waals surface area contributed by atoms with Crippen molar-refractivity contribution in [2.24, 2.45) is 0 Å². The van der Waals surface area contributed by atoms with Crippen LogP contribution >= 0.6 is 0 Å². The molecule has 188 valence electrons. The second-order valence-corrected chi connectivity index (χ2v) is 8.70. The normalized spacial score (nSPS) is 10.7. The van der Waals surface area contributed by atoms with Gasteiger partial charge in [-0.3, -0.25) is 4.79 Å². The minimum absolute atomic E-state index is 0.229. The molecule has 0 spiro atoms. The average Bonchev–Trinajstić information content (AvgIpc) is 2.79. The van der Waals surface area contributed by atoms with E-state index < -0.39 is 5.97 Å². The van der Waals surface area contributed by atoms with E-state index in [2.05, 4.69) is 13.8 Å². The van der Waals surface area contributed by atoms with Gasteiger partial charge in [-0.1, -0.05) is 97.0 Å². The lowest BCUT2D eigenvalue weighted by atomic mass is 10.0. The quantitative estimate of drug-likeness (QED) is 0.117. The van der Waals surface area contributed by atoms with E-state index in [0.717, 1.165) is 31.8 Å². The smallest absolute Gasteiger partial charge is 0.328 e. The van der Waals surface area contributed by atoms with Crippen LogP contribution in [-0.4, -0.2) is 27.1 Å². The average molecular weight is 463 g/mol. The Bertz CT molecular complexity index is 646. The van der Waals surface area contributed by atoms with E-state index >= 15 is 0 Å². The first kappa shape index (κ1) is 30.7. The van der Waals surface area contributed by atoms with Gasteiger partial charge in [0.25, 0.3) is 0 Å². The van der Waals surface area contributed by atoms with Gasteiger partial charge in [0.05, 0.1) is 0 Å². The van der Waals surface area contributed by atoms with E-state index in [0.29, 0.717) is 11.3 Å². The summed E-state index contributed by atoms with van der Waals surface area (Å²) in [6.07, 6.45) is 22.2. The molecule has 1 aromatic carbocycles. The number of hydrogen-bond acceptors (Lipinski definition) is 4. The van der Waals surface area contributed by atoms with Gasteiger partial charge in [-0.2, -0.15) is 0 Å². The summed E-state index contributed by atoms with van der Waals surface area (Å²) in [4.78, 5) is 21.8. The van der Waals surface area contributed by atoms with E-state index in [-0.39, 0.29) is 11.5 Å². The first-order valence-corrected chi connectivity index (χ1v) is 12.8. The molecule has 3 N–H and O–H groups in total. The molecule has 0 aliphatic heterocycles. The number of carboxylic acids is 1. The Labute approximate surface area is 200 Å². The van der Waals surface area contributed by atoms with Crippen molar-refractivity contribution >= 4 is 17.8 Å². The lowest BCUT2D eigenvalue weighted by Gasteiger charge is -2.03. The molecule has 0 fully saturated rings. The van der Waals surface area contributed by atoms with E-state index in [1.165, 1.54) is 101 Å². The van der Waals surface area contributed by atoms with E-state index in [4.69, 9.17) is 15.3 Å². The van der Waals surface area contributed by atoms with Gasteiger partial charge in [0.15, 0.2) is 11.5 Å². The molecule has 5 nitrogen and oxygen atoms in total. The largest absolute Gasteiger partial charge is 0.504 e. The van der Waals surface area contributed by atoms with Crippen molar-refractivity contribution in [3.05, 3.63) is 29.8 Å². The number of phenolic OH excluding ortho intramolecular Hbond substituents is 2. The number of Topliss-reactive ketones (excluding diaryl/α,β-unsaturated/α-hetero) is 1. The Morgan fingerprint density at radius 1 is 0.697 bits per heavy atom. The summed E-state index contributed by atoms with van der Waals surface area (Å²) in [6, 6.07) is 4.06. The Kier molecular flexibility index (Phi) is 20.0. The van der Waals surface area contributed by atoms with Gasteiger partial charge < -0.3 is 15.3 Å². The molecule has 0 aliphatic carbocycles. The first-order valence-electron chi connectivity index (χ1n) is 12.8. The first-order chi connectivity index (χ1) is 15.9. The molecule has 1 aromatic rings. The number of phenols is 2. The molecule has 0 amide bonds. The third-order valence-corrected chi connectivity index (χ3v) is 5.54. The van der Waals surface area contributed by atoms with Crippen LogP contribution in [0.2, 0.25) is 0 Å². The minimum atomic E-state index is -1.06. The van der Waals surface area contributed by atoms with Crippen LogP contribution in [0.4, 0.5) is 0 Å². The Morgan fingerprint density at radius 3 is 1.58 bits per heavy atom. The number of unbranched alkanes of at least 4 members (excludes halogenated alkanes) is 12. The molecule has 0 bridgehead atoms. The van der Waals surface area contributed by atoms with Gasteiger partial charge in [-0.25, -0.2) is 4.79 Å². The van der Waals surface area contributed by atoms with Crippen LogP contribution in [0.25, 0.3) is 6.08 Å². The van der Waals surface area contributed by atoms with Gasteiger partial charge >= 0.3 is 5.97 Å². The second kappa shape index (κ2) is 21.5. The predicted octanol–water partition coefficient (Wildman–Crippen LogP) is 8.03. The zero-order valence-electron chi connectivity index (χ0n) is 20.9. The molecule has 0 aliphatic rings. The van der Waals surface area contributed by atoms with Crippen molar-refractivity contribution in [2.45, 2.75) is 117 Å². The SMILES string of the molecule is CCCCCCCCCC(=O)CCCCCCCCC.O=C(O)/C=C/c1ccc(O)c(O)c1. The van der Waals surface area contributed by atoms with Crippen LogP contribution < -0.4 is 0 Å². The van der Waals surface area contributed by atoms with Crippen molar-refractivity contribution in [3.8, 4) is 11.5 Å². The van der Waals surface area contributed by atoms with E-state index in [1.54, 1.807) is 0 Å². The molecule has 0 heterocycles. The summed E-state index contributed by atoms with van der Waals surface area (Å²) in [5.74, 6) is -1.06. The number of benzene rings is 1. The van der Waals surface area contributed by atoms with Crippen molar-refractivity contribution in [2.75, 3.05) is 0 Å². The zero-order chi connectivity index (χ0) is 24.7. The summed E-state index contributed by atoms with van der Waals surface area (Å²) >= 11 is 0. The Balaban J connectivity index is 0.000000676. The van der Waals surface area contributed by atoms with E-state index in [9.17, 15) is 9.59 Å². The highest BCUT2D eigenvalue weighted by atomic mass is 16.4. The predicted molar refractivity (Wildman–Crippen MR) is 137 cm³/mol. The van der Waals surface area contributed by atoms with E-state index in [1.807, 2.05) is 0 Å². The number of carbonyl (C=O) groups is 2. The zero-order valence-corrected chi connectivity index (χ0v) is 20.9. The highest BCUT2D eigenvalue weighted by Gasteiger charge is 2.02. The van der Waals surface area contributed by atoms with Crippen LogP contribution in [-0.2, 0) is 9.59 Å².